The number of hydrogen-bond acceptors (Lipinski definition) is 3. The van der Waals surface area contributed by atoms with E-state index in [4.69, 9.17) is 10.3 Å². The van der Waals surface area contributed by atoms with Crippen molar-refractivity contribution in [2.75, 3.05) is 33.4 Å². The fraction of sp³-hybridized carbons (Fsp3) is 0.889. The Morgan fingerprint density at radius 1 is 1.73 bits per heavy atom. The molecule has 0 N–H and O–H groups in total. The fourth-order valence-corrected chi connectivity index (χ4v) is 1.86. The van der Waals surface area contributed by atoms with Crippen LogP contribution >= 0.6 is 0 Å². The number of azide groups is 1. The normalized spacial score (nSPS) is 20.9. The maximum absolute atomic E-state index is 11.5. The van der Waals surface area contributed by atoms with Crippen LogP contribution in [0, 0.1) is 5.92 Å². The Morgan fingerprint density at radius 3 is 3.20 bits per heavy atom. The molecule has 0 saturated carbocycles. The SMILES string of the molecule is COC[C@H]1CCCN(C(=O)CN=[N+]=[N-])C1. The molecule has 0 aromatic heterocycles. The average molecular weight is 212 g/mol. The number of methoxy groups -OCH3 is 1. The highest BCUT2D eigenvalue weighted by molar-refractivity contribution is 5.78. The third-order valence-electron chi connectivity index (χ3n) is 2.54. The molecule has 15 heavy (non-hydrogen) atoms. The summed E-state index contributed by atoms with van der Waals surface area (Å²) in [6.45, 7) is 2.09. The fourth-order valence-electron chi connectivity index (χ4n) is 1.86. The van der Waals surface area contributed by atoms with Crippen molar-refractivity contribution in [3.05, 3.63) is 10.4 Å². The van der Waals surface area contributed by atoms with Gasteiger partial charge >= 0.3 is 0 Å². The van der Waals surface area contributed by atoms with E-state index in [0.717, 1.165) is 19.4 Å². The van der Waals surface area contributed by atoms with E-state index in [1.54, 1.807) is 12.0 Å². The first-order chi connectivity index (χ1) is 7.27. The van der Waals surface area contributed by atoms with E-state index in [-0.39, 0.29) is 12.5 Å². The number of nitrogens with zero attached hydrogens (tertiary/aromatic N) is 4. The standard InChI is InChI=1S/C9H16N4O2/c1-15-7-8-3-2-4-13(6-8)9(14)5-11-12-10/h8H,2-7H2,1H3/t8-/m0/s1. The maximum atomic E-state index is 11.5. The Balaban J connectivity index is 2.40. The third kappa shape index (κ3) is 3.77. The zero-order valence-electron chi connectivity index (χ0n) is 8.93. The maximum Gasteiger partial charge on any atom is 0.228 e. The summed E-state index contributed by atoms with van der Waals surface area (Å²) in [4.78, 5) is 15.9. The summed E-state index contributed by atoms with van der Waals surface area (Å²) in [5.41, 5.74) is 8.12. The zero-order chi connectivity index (χ0) is 11.1. The van der Waals surface area contributed by atoms with Gasteiger partial charge in [0.2, 0.25) is 5.91 Å². The molecular formula is C9H16N4O2. The molecule has 0 unspecified atom stereocenters. The molecule has 1 amide bonds. The molecule has 0 aromatic carbocycles. The second-order valence-electron chi connectivity index (χ2n) is 3.69. The molecule has 6 nitrogen and oxygen atoms in total. The first-order valence-corrected chi connectivity index (χ1v) is 5.05. The van der Waals surface area contributed by atoms with Crippen molar-refractivity contribution in [1.29, 1.82) is 0 Å². The Bertz CT molecular complexity index is 261. The molecule has 0 bridgehead atoms. The minimum absolute atomic E-state index is 0.0732. The highest BCUT2D eigenvalue weighted by atomic mass is 16.5. The lowest BCUT2D eigenvalue weighted by Gasteiger charge is -2.32. The van der Waals surface area contributed by atoms with Crippen molar-refractivity contribution < 1.29 is 9.53 Å². The molecule has 1 saturated heterocycles. The zero-order valence-corrected chi connectivity index (χ0v) is 8.93. The van der Waals surface area contributed by atoms with Crippen molar-refractivity contribution in [3.63, 3.8) is 0 Å². The van der Waals surface area contributed by atoms with E-state index in [1.165, 1.54) is 0 Å². The smallest absolute Gasteiger partial charge is 0.228 e. The van der Waals surface area contributed by atoms with E-state index in [9.17, 15) is 4.79 Å². The molecular weight excluding hydrogens is 196 g/mol. The van der Waals surface area contributed by atoms with Gasteiger partial charge in [0.05, 0.1) is 6.61 Å². The average Bonchev–Trinajstić information content (AvgIpc) is 2.27. The summed E-state index contributed by atoms with van der Waals surface area (Å²) in [5.74, 6) is 0.326. The van der Waals surface area contributed by atoms with Crippen LogP contribution in [0.3, 0.4) is 0 Å². The van der Waals surface area contributed by atoms with Crippen LogP contribution in [0.1, 0.15) is 12.8 Å². The first kappa shape index (κ1) is 11.8. The van der Waals surface area contributed by atoms with Crippen LogP contribution < -0.4 is 0 Å². The van der Waals surface area contributed by atoms with Crippen LogP contribution in [0.2, 0.25) is 0 Å². The van der Waals surface area contributed by atoms with E-state index in [0.29, 0.717) is 19.1 Å². The number of piperidine rings is 1. The molecule has 1 fully saturated rings. The number of carbonyl (C=O) groups excluding carboxylic acids is 1. The predicted octanol–water partition coefficient (Wildman–Crippen LogP) is 1.18. The quantitative estimate of drug-likeness (QED) is 0.398. The topological polar surface area (TPSA) is 78.3 Å². The molecule has 0 aliphatic carbocycles. The molecule has 1 aliphatic heterocycles. The molecule has 1 atom stereocenters. The molecule has 1 heterocycles. The van der Waals surface area contributed by atoms with E-state index in [2.05, 4.69) is 10.0 Å². The Labute approximate surface area is 88.8 Å². The van der Waals surface area contributed by atoms with Crippen LogP contribution in [0.15, 0.2) is 5.11 Å². The Morgan fingerprint density at radius 2 is 2.53 bits per heavy atom. The predicted molar refractivity (Wildman–Crippen MR) is 55.2 cm³/mol. The largest absolute Gasteiger partial charge is 0.384 e. The van der Waals surface area contributed by atoms with Gasteiger partial charge in [0.25, 0.3) is 0 Å². The highest BCUT2D eigenvalue weighted by Gasteiger charge is 2.22. The molecule has 0 radical (unpaired) electrons. The Kier molecular flexibility index (Phi) is 4.93. The monoisotopic (exact) mass is 212 g/mol. The van der Waals surface area contributed by atoms with E-state index >= 15 is 0 Å². The van der Waals surface area contributed by atoms with Crippen LogP contribution in [0.25, 0.3) is 10.4 Å². The van der Waals surface area contributed by atoms with E-state index < -0.39 is 0 Å². The molecule has 0 spiro atoms. The lowest BCUT2D eigenvalue weighted by molar-refractivity contribution is -0.131. The van der Waals surface area contributed by atoms with Crippen molar-refractivity contribution in [1.82, 2.24) is 4.90 Å². The van der Waals surface area contributed by atoms with Gasteiger partial charge in [-0.1, -0.05) is 5.11 Å². The van der Waals surface area contributed by atoms with E-state index in [1.807, 2.05) is 0 Å². The molecule has 1 aliphatic rings. The van der Waals surface area contributed by atoms with Gasteiger partial charge in [0.1, 0.15) is 6.54 Å². The second-order valence-corrected chi connectivity index (χ2v) is 3.69. The van der Waals surface area contributed by atoms with Gasteiger partial charge in [0, 0.05) is 25.1 Å². The highest BCUT2D eigenvalue weighted by Crippen LogP contribution is 2.16. The third-order valence-corrected chi connectivity index (χ3v) is 2.54. The van der Waals surface area contributed by atoms with Crippen molar-refractivity contribution in [3.8, 4) is 0 Å². The molecule has 6 heteroatoms. The van der Waals surface area contributed by atoms with Gasteiger partial charge in [-0.2, -0.15) is 0 Å². The van der Waals surface area contributed by atoms with Crippen molar-refractivity contribution in [2.24, 2.45) is 11.0 Å². The van der Waals surface area contributed by atoms with Crippen molar-refractivity contribution in [2.45, 2.75) is 12.8 Å². The van der Waals surface area contributed by atoms with Crippen LogP contribution in [-0.4, -0.2) is 44.2 Å². The number of likely N-dealkylation sites (tertiary alicyclic amines) is 1. The summed E-state index contributed by atoms with van der Waals surface area (Å²) >= 11 is 0. The van der Waals surface area contributed by atoms with Crippen LogP contribution in [0.5, 0.6) is 0 Å². The van der Waals surface area contributed by atoms with Crippen LogP contribution in [0.4, 0.5) is 0 Å². The van der Waals surface area contributed by atoms with Gasteiger partial charge in [-0.3, -0.25) is 4.79 Å². The molecule has 84 valence electrons. The van der Waals surface area contributed by atoms with Gasteiger partial charge in [0.15, 0.2) is 0 Å². The first-order valence-electron chi connectivity index (χ1n) is 5.05. The second kappa shape index (κ2) is 6.27. The minimum Gasteiger partial charge on any atom is -0.384 e. The molecule has 1 rings (SSSR count). The minimum atomic E-state index is -0.0893. The number of amides is 1. The number of hydrogen-bond donors (Lipinski definition) is 0. The van der Waals surface area contributed by atoms with Gasteiger partial charge in [-0.15, -0.1) is 0 Å². The lowest BCUT2D eigenvalue weighted by Crippen LogP contribution is -2.42. The summed E-state index contributed by atoms with van der Waals surface area (Å²) in [6.07, 6.45) is 2.09. The van der Waals surface area contributed by atoms with Gasteiger partial charge in [-0.25, -0.2) is 0 Å². The van der Waals surface area contributed by atoms with Crippen molar-refractivity contribution >= 4 is 5.91 Å². The molecule has 0 aromatic rings. The summed E-state index contributed by atoms with van der Waals surface area (Å²) < 4.78 is 5.07. The van der Waals surface area contributed by atoms with Gasteiger partial charge < -0.3 is 9.64 Å². The number of carbonyl (C=O) groups is 1. The number of rotatable bonds is 4. The van der Waals surface area contributed by atoms with Gasteiger partial charge in [-0.05, 0) is 24.3 Å². The summed E-state index contributed by atoms with van der Waals surface area (Å²) in [6, 6.07) is 0. The summed E-state index contributed by atoms with van der Waals surface area (Å²) in [7, 11) is 1.67. The Hall–Kier alpha value is -1.26. The number of ether oxygens (including phenoxy) is 1. The summed E-state index contributed by atoms with van der Waals surface area (Å²) in [5, 5.41) is 3.28. The van der Waals surface area contributed by atoms with Crippen LogP contribution in [-0.2, 0) is 9.53 Å². The lowest BCUT2D eigenvalue weighted by atomic mass is 9.99.